The zero-order valence-corrected chi connectivity index (χ0v) is 16.0. The van der Waals surface area contributed by atoms with Crippen molar-refractivity contribution in [3.05, 3.63) is 40.8 Å². The summed E-state index contributed by atoms with van der Waals surface area (Å²) in [5.41, 5.74) is 7.02. The number of fused-ring (bicyclic) bond motifs is 1. The van der Waals surface area contributed by atoms with Crippen molar-refractivity contribution in [3.63, 3.8) is 0 Å². The van der Waals surface area contributed by atoms with Gasteiger partial charge in [0, 0.05) is 5.92 Å². The normalized spacial score (nSPS) is 15.0. The highest BCUT2D eigenvalue weighted by Gasteiger charge is 2.21. The first-order valence-corrected chi connectivity index (χ1v) is 9.59. The lowest BCUT2D eigenvalue weighted by atomic mass is 9.89. The van der Waals surface area contributed by atoms with Crippen LogP contribution in [-0.2, 0) is 4.79 Å². The number of carbonyl (C=O) groups excluding carboxylic acids is 1. The number of anilines is 1. The number of halogens is 2. The summed E-state index contributed by atoms with van der Waals surface area (Å²) in [5.74, 6) is 0.552. The second-order valence-electron chi connectivity index (χ2n) is 6.56. The molecule has 9 heteroatoms. The molecular weight excluding hydrogens is 387 g/mol. The van der Waals surface area contributed by atoms with Crippen molar-refractivity contribution in [2.45, 2.75) is 32.1 Å². The minimum Gasteiger partial charge on any atom is -0.281 e. The molecule has 0 atom stereocenters. The minimum atomic E-state index is -0.00154. The van der Waals surface area contributed by atoms with Gasteiger partial charge in [-0.2, -0.15) is 5.10 Å². The molecule has 1 aliphatic rings. The molecule has 140 valence electrons. The number of hydrogen-bond donors (Lipinski definition) is 2. The van der Waals surface area contributed by atoms with E-state index in [9.17, 15) is 4.79 Å². The first-order chi connectivity index (χ1) is 13.1. The topological polar surface area (TPSA) is 84.7 Å². The fourth-order valence-electron chi connectivity index (χ4n) is 3.34. The molecule has 1 fully saturated rings. The fraction of sp³-hybridized carbons (Fsp3) is 0.333. The first-order valence-electron chi connectivity index (χ1n) is 8.83. The maximum Gasteiger partial charge on any atom is 0.241 e. The summed E-state index contributed by atoms with van der Waals surface area (Å²) in [5, 5.41) is 5.97. The lowest BCUT2D eigenvalue weighted by molar-refractivity contribution is -0.125. The van der Waals surface area contributed by atoms with Gasteiger partial charge in [-0.3, -0.25) is 15.6 Å². The minimum absolute atomic E-state index is 0.00154. The zero-order valence-electron chi connectivity index (χ0n) is 14.5. The highest BCUT2D eigenvalue weighted by atomic mass is 35.5. The summed E-state index contributed by atoms with van der Waals surface area (Å²) in [6.45, 7) is 0. The highest BCUT2D eigenvalue weighted by Crippen LogP contribution is 2.27. The Kier molecular flexibility index (Phi) is 5.13. The number of hydrazine groups is 1. The quantitative estimate of drug-likeness (QED) is 0.638. The Morgan fingerprint density at radius 3 is 2.70 bits per heavy atom. The van der Waals surface area contributed by atoms with E-state index in [-0.39, 0.29) is 11.8 Å². The molecule has 1 aromatic carbocycles. The van der Waals surface area contributed by atoms with Crippen LogP contribution in [0.4, 0.5) is 5.82 Å². The average molecular weight is 405 g/mol. The van der Waals surface area contributed by atoms with Gasteiger partial charge < -0.3 is 0 Å². The van der Waals surface area contributed by atoms with Crippen LogP contribution in [-0.4, -0.2) is 25.7 Å². The third-order valence-electron chi connectivity index (χ3n) is 4.79. The lowest BCUT2D eigenvalue weighted by Gasteiger charge is -2.21. The smallest absolute Gasteiger partial charge is 0.241 e. The molecule has 0 radical (unpaired) electrons. The summed E-state index contributed by atoms with van der Waals surface area (Å²) in [6.07, 6.45) is 8.35. The summed E-state index contributed by atoms with van der Waals surface area (Å²) < 4.78 is 1.65. The van der Waals surface area contributed by atoms with E-state index in [1.165, 1.54) is 12.7 Å². The van der Waals surface area contributed by atoms with Gasteiger partial charge in [0.1, 0.15) is 6.33 Å². The molecule has 2 N–H and O–H groups in total. The fourth-order valence-corrected chi connectivity index (χ4v) is 3.63. The van der Waals surface area contributed by atoms with E-state index in [0.29, 0.717) is 26.9 Å². The van der Waals surface area contributed by atoms with Gasteiger partial charge in [-0.25, -0.2) is 14.6 Å². The number of benzene rings is 1. The molecule has 0 bridgehead atoms. The van der Waals surface area contributed by atoms with Crippen LogP contribution in [0.15, 0.2) is 30.7 Å². The van der Waals surface area contributed by atoms with Gasteiger partial charge in [-0.15, -0.1) is 0 Å². The third kappa shape index (κ3) is 3.70. The SMILES string of the molecule is O=C(NNc1ncnc2c1cnn2-c1ccc(Cl)c(Cl)c1)C1CCCCC1. The number of rotatable bonds is 4. The Bertz CT molecular complexity index is 983. The summed E-state index contributed by atoms with van der Waals surface area (Å²) in [7, 11) is 0. The van der Waals surface area contributed by atoms with E-state index in [0.717, 1.165) is 31.4 Å². The van der Waals surface area contributed by atoms with Crippen LogP contribution in [0.2, 0.25) is 10.0 Å². The molecule has 4 rings (SSSR count). The van der Waals surface area contributed by atoms with Crippen LogP contribution < -0.4 is 10.9 Å². The standard InChI is InChI=1S/C18H18Cl2N6O/c19-14-7-6-12(8-15(14)20)26-17-13(9-23-26)16(21-10-22-17)24-25-18(27)11-4-2-1-3-5-11/h6-11H,1-5H2,(H,25,27)(H,21,22,24). The molecule has 0 saturated heterocycles. The van der Waals surface area contributed by atoms with Gasteiger partial charge >= 0.3 is 0 Å². The van der Waals surface area contributed by atoms with Crippen molar-refractivity contribution >= 4 is 46.0 Å². The largest absolute Gasteiger partial charge is 0.281 e. The third-order valence-corrected chi connectivity index (χ3v) is 5.53. The molecule has 7 nitrogen and oxygen atoms in total. The Labute approximate surface area is 166 Å². The van der Waals surface area contributed by atoms with Crippen molar-refractivity contribution in [1.82, 2.24) is 25.2 Å². The predicted molar refractivity (Wildman–Crippen MR) is 105 cm³/mol. The molecule has 3 aromatic rings. The number of carbonyl (C=O) groups is 1. The Morgan fingerprint density at radius 1 is 1.11 bits per heavy atom. The van der Waals surface area contributed by atoms with Crippen LogP contribution in [0.1, 0.15) is 32.1 Å². The summed E-state index contributed by atoms with van der Waals surface area (Å²) >= 11 is 12.1. The monoisotopic (exact) mass is 404 g/mol. The average Bonchev–Trinajstić information content (AvgIpc) is 3.13. The van der Waals surface area contributed by atoms with Crippen molar-refractivity contribution in [1.29, 1.82) is 0 Å². The molecule has 27 heavy (non-hydrogen) atoms. The van der Waals surface area contributed by atoms with Gasteiger partial charge in [0.15, 0.2) is 11.5 Å². The molecule has 2 aromatic heterocycles. The van der Waals surface area contributed by atoms with E-state index in [1.54, 1.807) is 29.1 Å². The molecule has 2 heterocycles. The van der Waals surface area contributed by atoms with Crippen LogP contribution in [0.3, 0.4) is 0 Å². The van der Waals surface area contributed by atoms with E-state index in [4.69, 9.17) is 23.2 Å². The number of amides is 1. The number of aromatic nitrogens is 4. The van der Waals surface area contributed by atoms with Crippen LogP contribution in [0.5, 0.6) is 0 Å². The van der Waals surface area contributed by atoms with Crippen molar-refractivity contribution < 1.29 is 4.79 Å². The highest BCUT2D eigenvalue weighted by molar-refractivity contribution is 6.42. The van der Waals surface area contributed by atoms with Gasteiger partial charge in [0.25, 0.3) is 0 Å². The molecule has 0 aliphatic heterocycles. The second kappa shape index (κ2) is 7.70. The Hall–Kier alpha value is -2.38. The van der Waals surface area contributed by atoms with Gasteiger partial charge in [-0.05, 0) is 31.0 Å². The van der Waals surface area contributed by atoms with Gasteiger partial charge in [0.05, 0.1) is 27.3 Å². The predicted octanol–water partition coefficient (Wildman–Crippen LogP) is 4.15. The van der Waals surface area contributed by atoms with Crippen LogP contribution >= 0.6 is 23.2 Å². The maximum absolute atomic E-state index is 12.3. The number of hydrogen-bond acceptors (Lipinski definition) is 5. The van der Waals surface area contributed by atoms with Gasteiger partial charge in [-0.1, -0.05) is 42.5 Å². The van der Waals surface area contributed by atoms with Crippen molar-refractivity contribution in [2.24, 2.45) is 5.92 Å². The van der Waals surface area contributed by atoms with Crippen molar-refractivity contribution in [3.8, 4) is 5.69 Å². The summed E-state index contributed by atoms with van der Waals surface area (Å²) in [4.78, 5) is 20.9. The van der Waals surface area contributed by atoms with Crippen LogP contribution in [0.25, 0.3) is 16.7 Å². The number of nitrogens with one attached hydrogen (secondary N) is 2. The second-order valence-corrected chi connectivity index (χ2v) is 7.38. The van der Waals surface area contributed by atoms with E-state index in [1.807, 2.05) is 0 Å². The molecule has 1 amide bonds. The molecule has 0 unspecified atom stereocenters. The van der Waals surface area contributed by atoms with Gasteiger partial charge in [0.2, 0.25) is 5.91 Å². The maximum atomic E-state index is 12.3. The first kappa shape index (κ1) is 18.0. The summed E-state index contributed by atoms with van der Waals surface area (Å²) in [6, 6.07) is 5.23. The van der Waals surface area contributed by atoms with E-state index < -0.39 is 0 Å². The Balaban J connectivity index is 1.57. The Morgan fingerprint density at radius 2 is 1.93 bits per heavy atom. The zero-order chi connectivity index (χ0) is 18.8. The van der Waals surface area contributed by atoms with Crippen molar-refractivity contribution in [2.75, 3.05) is 5.43 Å². The number of nitrogens with zero attached hydrogens (tertiary/aromatic N) is 4. The lowest BCUT2D eigenvalue weighted by Crippen LogP contribution is -2.36. The molecule has 1 aliphatic carbocycles. The molecule has 0 spiro atoms. The van der Waals surface area contributed by atoms with E-state index in [2.05, 4.69) is 25.9 Å². The molecular formula is C18H18Cl2N6O. The van der Waals surface area contributed by atoms with Crippen LogP contribution in [0, 0.1) is 5.92 Å². The molecule has 1 saturated carbocycles. The van der Waals surface area contributed by atoms with E-state index >= 15 is 0 Å².